The average Bonchev–Trinajstić information content (AvgIpc) is 3.07. The van der Waals surface area contributed by atoms with Gasteiger partial charge in [0.1, 0.15) is 23.3 Å². The van der Waals surface area contributed by atoms with Crippen molar-refractivity contribution in [1.82, 2.24) is 19.9 Å². The first kappa shape index (κ1) is 30.1. The molecule has 6 aromatic rings. The molecule has 0 atom stereocenters. The summed E-state index contributed by atoms with van der Waals surface area (Å²) in [7, 11) is -4.55. The Morgan fingerprint density at radius 2 is 0.689 bits per heavy atom. The highest BCUT2D eigenvalue weighted by molar-refractivity contribution is 6.96. The fraction of sp³-hybridized carbons (Fsp3) is 0.111. The molecule has 0 N–H and O–H groups in total. The monoisotopic (exact) mass is 624 g/mol. The van der Waals surface area contributed by atoms with E-state index in [0.717, 1.165) is 34.6 Å². The van der Waals surface area contributed by atoms with E-state index in [4.69, 9.17) is 4.12 Å². The van der Waals surface area contributed by atoms with E-state index in [2.05, 4.69) is 104 Å². The van der Waals surface area contributed by atoms with Crippen molar-refractivity contribution in [3.63, 3.8) is 0 Å². The van der Waals surface area contributed by atoms with Crippen LogP contribution in [0.4, 0.5) is 34.6 Å². The zero-order chi connectivity index (χ0) is 31.3. The molecule has 0 bridgehead atoms. The first-order valence-corrected chi connectivity index (χ1v) is 20.8. The number of nitrogens with zero attached hydrogens (tertiary/aromatic N) is 6. The zero-order valence-electron chi connectivity index (χ0n) is 25.9. The van der Waals surface area contributed by atoms with Crippen molar-refractivity contribution >= 4 is 61.7 Å². The van der Waals surface area contributed by atoms with Crippen molar-refractivity contribution in [2.45, 2.75) is 26.2 Å². The molecule has 0 saturated heterocycles. The third kappa shape index (κ3) is 6.75. The van der Waals surface area contributed by atoms with E-state index in [1.807, 2.05) is 72.8 Å². The Kier molecular flexibility index (Phi) is 8.65. The van der Waals surface area contributed by atoms with Gasteiger partial charge in [-0.15, -0.1) is 0 Å². The number of hydrogen-bond acceptors (Lipinski definition) is 7. The van der Waals surface area contributed by atoms with Crippen LogP contribution in [0.3, 0.4) is 0 Å². The van der Waals surface area contributed by atoms with Gasteiger partial charge in [-0.25, -0.2) is 19.9 Å². The van der Waals surface area contributed by atoms with E-state index in [1.165, 1.54) is 10.4 Å². The first-order chi connectivity index (χ1) is 21.8. The second-order valence-electron chi connectivity index (χ2n) is 11.6. The summed E-state index contributed by atoms with van der Waals surface area (Å²) in [6.45, 7) is 9.13. The van der Waals surface area contributed by atoms with E-state index < -0.39 is 16.6 Å². The minimum Gasteiger partial charge on any atom is -0.449 e. The third-order valence-corrected chi connectivity index (χ3v) is 15.2. The topological polar surface area (TPSA) is 67.3 Å². The molecule has 4 heterocycles. The summed E-state index contributed by atoms with van der Waals surface area (Å²) < 4.78 is 7.14. The molecule has 224 valence electrons. The summed E-state index contributed by atoms with van der Waals surface area (Å²) in [4.78, 5) is 22.5. The Balaban J connectivity index is 1.24. The van der Waals surface area contributed by atoms with E-state index in [1.54, 1.807) is 24.8 Å². The second kappa shape index (κ2) is 12.9. The molecule has 0 amide bonds. The predicted octanol–water partition coefficient (Wildman–Crippen LogP) is 7.75. The smallest absolute Gasteiger partial charge is 0.206 e. The van der Waals surface area contributed by atoms with Crippen LogP contribution in [0.15, 0.2) is 146 Å². The lowest BCUT2D eigenvalue weighted by Crippen LogP contribution is -2.57. The van der Waals surface area contributed by atoms with Crippen LogP contribution in [0.5, 0.6) is 0 Å². The molecule has 4 aromatic heterocycles. The molecule has 45 heavy (non-hydrogen) atoms. The van der Waals surface area contributed by atoms with Crippen LogP contribution in [0.1, 0.15) is 0 Å². The molecule has 9 heteroatoms. The van der Waals surface area contributed by atoms with Crippen molar-refractivity contribution in [3.8, 4) is 0 Å². The van der Waals surface area contributed by atoms with Gasteiger partial charge in [-0.3, -0.25) is 9.80 Å². The van der Waals surface area contributed by atoms with Crippen molar-refractivity contribution < 1.29 is 4.12 Å². The predicted molar refractivity (Wildman–Crippen MR) is 189 cm³/mol. The second-order valence-corrected chi connectivity index (χ2v) is 19.7. The molecular weight excluding hydrogens is 589 g/mol. The van der Waals surface area contributed by atoms with Crippen LogP contribution >= 0.6 is 0 Å². The Morgan fingerprint density at radius 3 is 0.933 bits per heavy atom. The van der Waals surface area contributed by atoms with Crippen molar-refractivity contribution in [3.05, 3.63) is 146 Å². The average molecular weight is 625 g/mol. The minimum atomic E-state index is -2.27. The molecule has 2 aromatic carbocycles. The highest BCUT2D eigenvalue weighted by Crippen LogP contribution is 2.32. The van der Waals surface area contributed by atoms with Gasteiger partial charge >= 0.3 is 0 Å². The van der Waals surface area contributed by atoms with Gasteiger partial charge in [0.25, 0.3) is 0 Å². The van der Waals surface area contributed by atoms with Crippen LogP contribution < -0.4 is 20.2 Å². The van der Waals surface area contributed by atoms with E-state index in [-0.39, 0.29) is 0 Å². The minimum absolute atomic E-state index is 0.818. The molecule has 0 fully saturated rings. The Morgan fingerprint density at radius 1 is 0.400 bits per heavy atom. The van der Waals surface area contributed by atoms with Crippen LogP contribution in [-0.4, -0.2) is 36.6 Å². The SMILES string of the molecule is C[Si](C)(O[Si](C)(C)c1ccc(N(c2ccccn2)c2ccccn2)cc1)c1ccc(N(c2ccccn2)c2ccccn2)cc1. The van der Waals surface area contributed by atoms with Gasteiger partial charge in [-0.2, -0.15) is 0 Å². The number of anilines is 6. The summed E-state index contributed by atoms with van der Waals surface area (Å²) in [6.07, 6.45) is 7.21. The van der Waals surface area contributed by atoms with Crippen LogP contribution in [0.25, 0.3) is 0 Å². The van der Waals surface area contributed by atoms with Gasteiger partial charge in [0.05, 0.1) is 0 Å². The fourth-order valence-electron chi connectivity index (χ4n) is 5.49. The van der Waals surface area contributed by atoms with Gasteiger partial charge in [-0.1, -0.05) is 48.5 Å². The summed E-state index contributed by atoms with van der Waals surface area (Å²) in [5, 5.41) is 2.48. The molecule has 0 unspecified atom stereocenters. The molecule has 0 radical (unpaired) electrons. The van der Waals surface area contributed by atoms with Crippen LogP contribution in [0, 0.1) is 0 Å². The summed E-state index contributed by atoms with van der Waals surface area (Å²) >= 11 is 0. The van der Waals surface area contributed by atoms with Crippen molar-refractivity contribution in [2.75, 3.05) is 9.80 Å². The molecule has 0 aliphatic heterocycles. The molecule has 7 nitrogen and oxygen atoms in total. The Hall–Kier alpha value is -4.97. The van der Waals surface area contributed by atoms with Crippen LogP contribution in [0.2, 0.25) is 26.2 Å². The molecule has 0 spiro atoms. The number of pyridine rings is 4. The lowest BCUT2D eigenvalue weighted by atomic mass is 10.2. The molecule has 0 aliphatic rings. The van der Waals surface area contributed by atoms with E-state index in [9.17, 15) is 0 Å². The summed E-state index contributed by atoms with van der Waals surface area (Å²) in [5.74, 6) is 3.27. The number of benzene rings is 2. The van der Waals surface area contributed by atoms with E-state index >= 15 is 0 Å². The van der Waals surface area contributed by atoms with Crippen molar-refractivity contribution in [2.24, 2.45) is 0 Å². The summed E-state index contributed by atoms with van der Waals surface area (Å²) in [5.41, 5.74) is 2.00. The van der Waals surface area contributed by atoms with Crippen LogP contribution in [-0.2, 0) is 4.12 Å². The zero-order valence-corrected chi connectivity index (χ0v) is 27.9. The van der Waals surface area contributed by atoms with Gasteiger partial charge in [-0.05, 0) is 109 Å². The fourth-order valence-corrected chi connectivity index (χ4v) is 13.5. The number of rotatable bonds is 10. The van der Waals surface area contributed by atoms with Gasteiger partial charge in [0.15, 0.2) is 0 Å². The normalized spacial score (nSPS) is 11.6. The molecule has 0 saturated carbocycles. The summed E-state index contributed by atoms with van der Waals surface area (Å²) in [6, 6.07) is 41.0. The molecular formula is C36H36N6OSi2. The Labute approximate surface area is 267 Å². The first-order valence-electron chi connectivity index (χ1n) is 15.0. The van der Waals surface area contributed by atoms with E-state index in [0.29, 0.717) is 0 Å². The quantitative estimate of drug-likeness (QED) is 0.144. The molecule has 0 aliphatic carbocycles. The number of hydrogen-bond donors (Lipinski definition) is 0. The van der Waals surface area contributed by atoms with Gasteiger partial charge < -0.3 is 4.12 Å². The highest BCUT2D eigenvalue weighted by Gasteiger charge is 2.36. The van der Waals surface area contributed by atoms with Gasteiger partial charge in [0.2, 0.25) is 16.6 Å². The maximum Gasteiger partial charge on any atom is 0.206 e. The standard InChI is InChI=1S/C36H36N6OSi2/c1-44(2,31-21-17-29(18-22-31)41(33-13-5-9-25-37-33)34-14-6-10-26-38-34)43-45(3,4)32-23-19-30(20-24-32)42(35-15-7-11-27-39-35)36-16-8-12-28-40-36/h5-28H,1-4H3. The van der Waals surface area contributed by atoms with Crippen molar-refractivity contribution in [1.29, 1.82) is 0 Å². The maximum absolute atomic E-state index is 7.14. The molecule has 6 rings (SSSR count). The number of aromatic nitrogens is 4. The largest absolute Gasteiger partial charge is 0.449 e. The highest BCUT2D eigenvalue weighted by atomic mass is 28.4. The lowest BCUT2D eigenvalue weighted by molar-refractivity contribution is 0.573. The maximum atomic E-state index is 7.14. The van der Waals surface area contributed by atoms with Gasteiger partial charge in [0, 0.05) is 36.2 Å². The third-order valence-electron chi connectivity index (χ3n) is 7.67. The lowest BCUT2D eigenvalue weighted by Gasteiger charge is -2.35. The Bertz CT molecular complexity index is 1590.